The highest BCUT2D eigenvalue weighted by molar-refractivity contribution is 7.99. The molecule has 0 bridgehead atoms. The zero-order valence-electron chi connectivity index (χ0n) is 12.8. The third kappa shape index (κ3) is 2.97. The number of hydrogen-bond acceptors (Lipinski definition) is 3. The highest BCUT2D eigenvalue weighted by Crippen LogP contribution is 2.29. The van der Waals surface area contributed by atoms with Gasteiger partial charge in [0, 0.05) is 11.8 Å². The molecule has 1 N–H and O–H groups in total. The number of nitrogens with one attached hydrogen (secondary N) is 1. The molecule has 2 aliphatic heterocycles. The molecule has 2 heterocycles. The highest BCUT2D eigenvalue weighted by Gasteiger charge is 2.46. The summed E-state index contributed by atoms with van der Waals surface area (Å²) >= 11 is 1.95. The van der Waals surface area contributed by atoms with E-state index in [1.807, 2.05) is 37.4 Å². The van der Waals surface area contributed by atoms with Gasteiger partial charge in [-0.3, -0.25) is 9.59 Å². The Balaban J connectivity index is 2.15. The molecule has 3 unspecified atom stereocenters. The van der Waals surface area contributed by atoms with Crippen LogP contribution in [-0.2, 0) is 9.59 Å². The number of thioether (sulfide) groups is 1. The van der Waals surface area contributed by atoms with E-state index in [0.29, 0.717) is 18.1 Å². The molecule has 0 aliphatic carbocycles. The first kappa shape index (κ1) is 15.7. The molecule has 0 aromatic heterocycles. The minimum Gasteiger partial charge on any atom is -0.340 e. The van der Waals surface area contributed by atoms with Crippen molar-refractivity contribution in [3.63, 3.8) is 0 Å². The van der Waals surface area contributed by atoms with E-state index in [-0.39, 0.29) is 17.9 Å². The highest BCUT2D eigenvalue weighted by atomic mass is 32.2. The van der Waals surface area contributed by atoms with Crippen molar-refractivity contribution in [1.82, 2.24) is 10.2 Å². The fourth-order valence-electron chi connectivity index (χ4n) is 3.04. The minimum atomic E-state index is -0.720. The van der Waals surface area contributed by atoms with Crippen LogP contribution in [0, 0.1) is 0 Å². The van der Waals surface area contributed by atoms with Crippen LogP contribution in [0.2, 0.25) is 0 Å². The summed E-state index contributed by atoms with van der Waals surface area (Å²) in [6.07, 6.45) is 5.01. The van der Waals surface area contributed by atoms with Gasteiger partial charge < -0.3 is 10.2 Å². The number of rotatable bonds is 4. The smallest absolute Gasteiger partial charge is 0.248 e. The van der Waals surface area contributed by atoms with Crippen LogP contribution in [0.1, 0.15) is 52.9 Å². The zero-order chi connectivity index (χ0) is 14.8. The summed E-state index contributed by atoms with van der Waals surface area (Å²) in [6, 6.07) is -0.287. The SMILES string of the molecule is CCC1C(=O)NC(C)(CC)C(=O)N1CC1CCCCS1. The second kappa shape index (κ2) is 6.37. The largest absolute Gasteiger partial charge is 0.340 e. The summed E-state index contributed by atoms with van der Waals surface area (Å²) in [5.74, 6) is 1.29. The van der Waals surface area contributed by atoms with Gasteiger partial charge >= 0.3 is 0 Å². The van der Waals surface area contributed by atoms with Gasteiger partial charge in [-0.15, -0.1) is 0 Å². The summed E-state index contributed by atoms with van der Waals surface area (Å²) in [5, 5.41) is 3.42. The van der Waals surface area contributed by atoms with E-state index in [4.69, 9.17) is 0 Å². The van der Waals surface area contributed by atoms with Crippen molar-refractivity contribution in [2.24, 2.45) is 0 Å². The number of carbonyl (C=O) groups excluding carboxylic acids is 2. The van der Waals surface area contributed by atoms with E-state index in [2.05, 4.69) is 5.32 Å². The molecule has 0 aromatic carbocycles. The first-order chi connectivity index (χ1) is 9.51. The van der Waals surface area contributed by atoms with Gasteiger partial charge in [-0.2, -0.15) is 11.8 Å². The molecule has 0 spiro atoms. The lowest BCUT2D eigenvalue weighted by atomic mass is 9.91. The van der Waals surface area contributed by atoms with Crippen molar-refractivity contribution in [3.05, 3.63) is 0 Å². The topological polar surface area (TPSA) is 49.4 Å². The Bertz CT molecular complexity index is 382. The molecule has 2 saturated heterocycles. The predicted octanol–water partition coefficient (Wildman–Crippen LogP) is 2.18. The van der Waals surface area contributed by atoms with E-state index >= 15 is 0 Å². The van der Waals surface area contributed by atoms with E-state index in [9.17, 15) is 9.59 Å². The molecular formula is C15H26N2O2S. The van der Waals surface area contributed by atoms with E-state index in [0.717, 1.165) is 13.0 Å². The lowest BCUT2D eigenvalue weighted by Gasteiger charge is -2.45. The van der Waals surface area contributed by atoms with Gasteiger partial charge in [0.1, 0.15) is 11.6 Å². The normalized spacial score (nSPS) is 35.0. The lowest BCUT2D eigenvalue weighted by molar-refractivity contribution is -0.154. The molecular weight excluding hydrogens is 272 g/mol. The monoisotopic (exact) mass is 298 g/mol. The molecule has 2 amide bonds. The number of hydrogen-bond donors (Lipinski definition) is 1. The van der Waals surface area contributed by atoms with Crippen LogP contribution < -0.4 is 5.32 Å². The Morgan fingerprint density at radius 2 is 2.10 bits per heavy atom. The predicted molar refractivity (Wildman–Crippen MR) is 82.7 cm³/mol. The molecule has 3 atom stereocenters. The molecule has 114 valence electrons. The third-order valence-electron chi connectivity index (χ3n) is 4.58. The van der Waals surface area contributed by atoms with E-state index < -0.39 is 5.54 Å². The quantitative estimate of drug-likeness (QED) is 0.865. The second-order valence-electron chi connectivity index (χ2n) is 6.05. The Labute approximate surface area is 126 Å². The van der Waals surface area contributed by atoms with Crippen molar-refractivity contribution in [3.8, 4) is 0 Å². The Morgan fingerprint density at radius 3 is 2.65 bits per heavy atom. The number of piperazine rings is 1. The van der Waals surface area contributed by atoms with Gasteiger partial charge in [-0.05, 0) is 38.4 Å². The standard InChI is InChI=1S/C15H26N2O2S/c1-4-12-13(18)16-15(3,5-2)14(19)17(12)10-11-8-6-7-9-20-11/h11-12H,4-10H2,1-3H3,(H,16,18). The Hall–Kier alpha value is -0.710. The van der Waals surface area contributed by atoms with Gasteiger partial charge in [0.2, 0.25) is 11.8 Å². The maximum atomic E-state index is 12.8. The summed E-state index contributed by atoms with van der Waals surface area (Å²) in [6.45, 7) is 6.51. The molecule has 0 aromatic rings. The third-order valence-corrected chi connectivity index (χ3v) is 5.96. The molecule has 0 radical (unpaired) electrons. The molecule has 2 fully saturated rings. The van der Waals surface area contributed by atoms with Crippen LogP contribution in [0.25, 0.3) is 0 Å². The number of nitrogens with zero attached hydrogens (tertiary/aromatic N) is 1. The lowest BCUT2D eigenvalue weighted by Crippen LogP contribution is -2.69. The molecule has 5 heteroatoms. The fraction of sp³-hybridized carbons (Fsp3) is 0.867. The summed E-state index contributed by atoms with van der Waals surface area (Å²) in [5.41, 5.74) is -0.720. The van der Waals surface area contributed by atoms with Crippen LogP contribution in [0.3, 0.4) is 0 Å². The molecule has 4 nitrogen and oxygen atoms in total. The van der Waals surface area contributed by atoms with Crippen LogP contribution in [0.5, 0.6) is 0 Å². The Morgan fingerprint density at radius 1 is 1.35 bits per heavy atom. The average Bonchev–Trinajstić information content (AvgIpc) is 2.46. The number of amides is 2. The van der Waals surface area contributed by atoms with Crippen molar-refractivity contribution in [1.29, 1.82) is 0 Å². The molecule has 0 saturated carbocycles. The minimum absolute atomic E-state index is 0.0114. The first-order valence-corrected chi connectivity index (χ1v) is 8.81. The van der Waals surface area contributed by atoms with Gasteiger partial charge in [-0.25, -0.2) is 0 Å². The maximum Gasteiger partial charge on any atom is 0.248 e. The van der Waals surface area contributed by atoms with E-state index in [1.165, 1.54) is 18.6 Å². The van der Waals surface area contributed by atoms with Gasteiger partial charge in [-0.1, -0.05) is 20.3 Å². The Kier molecular flexibility index (Phi) is 4.99. The zero-order valence-corrected chi connectivity index (χ0v) is 13.6. The summed E-state index contributed by atoms with van der Waals surface area (Å²) in [4.78, 5) is 26.9. The summed E-state index contributed by atoms with van der Waals surface area (Å²) < 4.78 is 0. The molecule has 2 rings (SSSR count). The fourth-order valence-corrected chi connectivity index (χ4v) is 4.34. The maximum absolute atomic E-state index is 12.8. The second-order valence-corrected chi connectivity index (χ2v) is 7.45. The van der Waals surface area contributed by atoms with Crippen LogP contribution in [-0.4, -0.2) is 45.8 Å². The number of carbonyl (C=O) groups is 2. The van der Waals surface area contributed by atoms with Crippen molar-refractivity contribution in [2.45, 2.75) is 69.7 Å². The van der Waals surface area contributed by atoms with Crippen molar-refractivity contribution >= 4 is 23.6 Å². The van der Waals surface area contributed by atoms with Gasteiger partial charge in [0.15, 0.2) is 0 Å². The van der Waals surface area contributed by atoms with Crippen LogP contribution >= 0.6 is 11.8 Å². The first-order valence-electron chi connectivity index (χ1n) is 7.76. The van der Waals surface area contributed by atoms with Crippen molar-refractivity contribution in [2.75, 3.05) is 12.3 Å². The average molecular weight is 298 g/mol. The van der Waals surface area contributed by atoms with Crippen molar-refractivity contribution < 1.29 is 9.59 Å². The molecule has 2 aliphatic rings. The van der Waals surface area contributed by atoms with Gasteiger partial charge in [0.05, 0.1) is 0 Å². The molecule has 20 heavy (non-hydrogen) atoms. The van der Waals surface area contributed by atoms with E-state index in [1.54, 1.807) is 0 Å². The van der Waals surface area contributed by atoms with Gasteiger partial charge in [0.25, 0.3) is 0 Å². The summed E-state index contributed by atoms with van der Waals surface area (Å²) in [7, 11) is 0. The van der Waals surface area contributed by atoms with Crippen LogP contribution in [0.15, 0.2) is 0 Å². The van der Waals surface area contributed by atoms with Crippen LogP contribution in [0.4, 0.5) is 0 Å².